The van der Waals surface area contributed by atoms with Gasteiger partial charge in [-0.2, -0.15) is 0 Å². The van der Waals surface area contributed by atoms with Crippen LogP contribution in [0.4, 0.5) is 5.69 Å². The van der Waals surface area contributed by atoms with E-state index in [4.69, 9.17) is 4.74 Å². The second kappa shape index (κ2) is 7.81. The molecule has 0 spiro atoms. The van der Waals surface area contributed by atoms with Crippen LogP contribution in [0.2, 0.25) is 0 Å². The highest BCUT2D eigenvalue weighted by Gasteiger charge is 2.32. The van der Waals surface area contributed by atoms with Gasteiger partial charge in [-0.3, -0.25) is 4.79 Å². The van der Waals surface area contributed by atoms with Crippen molar-refractivity contribution in [2.45, 2.75) is 19.4 Å². The van der Waals surface area contributed by atoms with Crippen LogP contribution < -0.4 is 4.90 Å². The number of ether oxygens (including phenoxy) is 1. The number of anilines is 1. The molecule has 0 aromatic heterocycles. The zero-order valence-electron chi connectivity index (χ0n) is 14.2. The molecule has 1 aromatic carbocycles. The minimum absolute atomic E-state index is 0.0179. The van der Waals surface area contributed by atoms with Crippen molar-refractivity contribution in [2.24, 2.45) is 5.92 Å². The Bertz CT molecular complexity index is 579. The molecule has 2 aliphatic heterocycles. The number of aliphatic hydroxyl groups excluding tert-OH is 1. The van der Waals surface area contributed by atoms with E-state index in [-0.39, 0.29) is 18.6 Å². The molecule has 3 rings (SSSR count). The summed E-state index contributed by atoms with van der Waals surface area (Å²) in [6, 6.07) is 8.19. The fourth-order valence-electron chi connectivity index (χ4n) is 3.44. The fraction of sp³-hybridized carbons (Fsp3) is 0.526. The van der Waals surface area contributed by atoms with Crippen molar-refractivity contribution >= 4 is 17.7 Å². The van der Waals surface area contributed by atoms with E-state index in [9.17, 15) is 9.90 Å². The van der Waals surface area contributed by atoms with Crippen molar-refractivity contribution in [1.29, 1.82) is 0 Å². The lowest BCUT2D eigenvalue weighted by molar-refractivity contribution is -0.127. The molecule has 24 heavy (non-hydrogen) atoms. The molecule has 1 N–H and O–H groups in total. The van der Waals surface area contributed by atoms with E-state index in [2.05, 4.69) is 24.0 Å². The first-order valence-electron chi connectivity index (χ1n) is 8.71. The predicted molar refractivity (Wildman–Crippen MR) is 94.9 cm³/mol. The summed E-state index contributed by atoms with van der Waals surface area (Å²) in [6.45, 7) is 6.24. The lowest BCUT2D eigenvalue weighted by Crippen LogP contribution is -2.38. The van der Waals surface area contributed by atoms with Crippen molar-refractivity contribution in [2.75, 3.05) is 44.4 Å². The molecule has 0 bridgehead atoms. The molecule has 2 heterocycles. The van der Waals surface area contributed by atoms with Crippen molar-refractivity contribution in [3.63, 3.8) is 0 Å². The van der Waals surface area contributed by atoms with E-state index < -0.39 is 0 Å². The van der Waals surface area contributed by atoms with Crippen LogP contribution in [0.1, 0.15) is 18.9 Å². The van der Waals surface area contributed by atoms with Gasteiger partial charge in [-0.1, -0.05) is 19.1 Å². The summed E-state index contributed by atoms with van der Waals surface area (Å²) >= 11 is 0. The molecule has 2 aliphatic rings. The summed E-state index contributed by atoms with van der Waals surface area (Å²) in [5, 5.41) is 9.46. The molecule has 2 atom stereocenters. The first kappa shape index (κ1) is 17.0. The number of amides is 1. The summed E-state index contributed by atoms with van der Waals surface area (Å²) in [7, 11) is 0. The van der Waals surface area contributed by atoms with Gasteiger partial charge in [0.1, 0.15) is 0 Å². The van der Waals surface area contributed by atoms with Crippen molar-refractivity contribution in [3.8, 4) is 0 Å². The van der Waals surface area contributed by atoms with Crippen LogP contribution in [-0.2, 0) is 9.53 Å². The second-order valence-corrected chi connectivity index (χ2v) is 6.57. The smallest absolute Gasteiger partial charge is 0.246 e. The summed E-state index contributed by atoms with van der Waals surface area (Å²) < 4.78 is 5.37. The maximum atomic E-state index is 12.4. The van der Waals surface area contributed by atoms with Gasteiger partial charge >= 0.3 is 0 Å². The van der Waals surface area contributed by atoms with Gasteiger partial charge in [0.25, 0.3) is 0 Å². The second-order valence-electron chi connectivity index (χ2n) is 6.57. The van der Waals surface area contributed by atoms with E-state index in [0.717, 1.165) is 44.8 Å². The number of hydrogen-bond acceptors (Lipinski definition) is 4. The molecule has 2 fully saturated rings. The van der Waals surface area contributed by atoms with Crippen LogP contribution in [-0.4, -0.2) is 61.4 Å². The van der Waals surface area contributed by atoms with Gasteiger partial charge in [0.15, 0.2) is 0 Å². The minimum atomic E-state index is -0.0501. The lowest BCUT2D eigenvalue weighted by Gasteiger charge is -2.28. The first-order chi connectivity index (χ1) is 11.7. The minimum Gasteiger partial charge on any atom is -0.394 e. The Morgan fingerprint density at radius 3 is 2.62 bits per heavy atom. The molecular formula is C19H26N2O3. The SMILES string of the molecule is CC1CCN(C(=O)/C=C/c2ccc(N3CCOCC3)cc2)C1CO. The third-order valence-electron chi connectivity index (χ3n) is 5.04. The van der Waals surface area contributed by atoms with Gasteiger partial charge in [-0.25, -0.2) is 0 Å². The largest absolute Gasteiger partial charge is 0.394 e. The van der Waals surface area contributed by atoms with Crippen molar-refractivity contribution < 1.29 is 14.6 Å². The molecule has 5 nitrogen and oxygen atoms in total. The van der Waals surface area contributed by atoms with Gasteiger partial charge < -0.3 is 19.6 Å². The highest BCUT2D eigenvalue weighted by molar-refractivity contribution is 5.92. The van der Waals surface area contributed by atoms with E-state index in [1.54, 1.807) is 11.0 Å². The number of carbonyl (C=O) groups excluding carboxylic acids is 1. The fourth-order valence-corrected chi connectivity index (χ4v) is 3.44. The topological polar surface area (TPSA) is 53.0 Å². The summed E-state index contributed by atoms with van der Waals surface area (Å²) in [5.74, 6) is 0.343. The lowest BCUT2D eigenvalue weighted by atomic mass is 10.0. The molecule has 0 aliphatic carbocycles. The van der Waals surface area contributed by atoms with Gasteiger partial charge in [-0.05, 0) is 36.1 Å². The van der Waals surface area contributed by atoms with Crippen LogP contribution in [0.25, 0.3) is 6.08 Å². The van der Waals surface area contributed by atoms with Crippen LogP contribution >= 0.6 is 0 Å². The molecule has 2 saturated heterocycles. The highest BCUT2D eigenvalue weighted by Crippen LogP contribution is 2.24. The van der Waals surface area contributed by atoms with Crippen LogP contribution in [0.3, 0.4) is 0 Å². The molecule has 2 unspecified atom stereocenters. The Morgan fingerprint density at radius 2 is 1.96 bits per heavy atom. The molecule has 0 radical (unpaired) electrons. The molecule has 130 valence electrons. The summed E-state index contributed by atoms with van der Waals surface area (Å²) in [6.07, 6.45) is 4.42. The Kier molecular flexibility index (Phi) is 5.53. The molecular weight excluding hydrogens is 304 g/mol. The molecule has 1 aromatic rings. The standard InChI is InChI=1S/C19H26N2O3/c1-15-8-9-21(18(15)14-22)19(23)7-4-16-2-5-17(6-3-16)20-10-12-24-13-11-20/h2-7,15,18,22H,8-14H2,1H3/b7-4+. The summed E-state index contributed by atoms with van der Waals surface area (Å²) in [4.78, 5) is 16.4. The number of rotatable bonds is 4. The van der Waals surface area contributed by atoms with E-state index in [1.807, 2.05) is 18.2 Å². The number of carbonyl (C=O) groups is 1. The quantitative estimate of drug-likeness (QED) is 0.855. The number of aliphatic hydroxyl groups is 1. The van der Waals surface area contributed by atoms with E-state index >= 15 is 0 Å². The zero-order chi connectivity index (χ0) is 16.9. The third-order valence-corrected chi connectivity index (χ3v) is 5.04. The first-order valence-corrected chi connectivity index (χ1v) is 8.71. The third kappa shape index (κ3) is 3.79. The average molecular weight is 330 g/mol. The molecule has 0 saturated carbocycles. The van der Waals surface area contributed by atoms with Crippen LogP contribution in [0, 0.1) is 5.92 Å². The maximum Gasteiger partial charge on any atom is 0.246 e. The monoisotopic (exact) mass is 330 g/mol. The van der Waals surface area contributed by atoms with E-state index in [1.165, 1.54) is 5.69 Å². The Morgan fingerprint density at radius 1 is 1.25 bits per heavy atom. The van der Waals surface area contributed by atoms with E-state index in [0.29, 0.717) is 5.92 Å². The highest BCUT2D eigenvalue weighted by atomic mass is 16.5. The Hall–Kier alpha value is -1.85. The predicted octanol–water partition coefficient (Wildman–Crippen LogP) is 1.77. The maximum absolute atomic E-state index is 12.4. The summed E-state index contributed by atoms with van der Waals surface area (Å²) in [5.41, 5.74) is 2.20. The van der Waals surface area contributed by atoms with Gasteiger partial charge in [0, 0.05) is 31.4 Å². The Labute approximate surface area is 143 Å². The van der Waals surface area contributed by atoms with Gasteiger partial charge in [0.2, 0.25) is 5.91 Å². The van der Waals surface area contributed by atoms with Crippen LogP contribution in [0.5, 0.6) is 0 Å². The number of likely N-dealkylation sites (tertiary alicyclic amines) is 1. The number of morpholine rings is 1. The van der Waals surface area contributed by atoms with Crippen molar-refractivity contribution in [3.05, 3.63) is 35.9 Å². The number of hydrogen-bond donors (Lipinski definition) is 1. The zero-order valence-corrected chi connectivity index (χ0v) is 14.2. The average Bonchev–Trinajstić information content (AvgIpc) is 3.01. The van der Waals surface area contributed by atoms with Gasteiger partial charge in [0.05, 0.1) is 25.9 Å². The van der Waals surface area contributed by atoms with Crippen molar-refractivity contribution in [1.82, 2.24) is 4.90 Å². The number of benzene rings is 1. The Balaban J connectivity index is 1.61. The van der Waals surface area contributed by atoms with Crippen LogP contribution in [0.15, 0.2) is 30.3 Å². The normalized spacial score (nSPS) is 24.8. The molecule has 1 amide bonds. The van der Waals surface area contributed by atoms with Gasteiger partial charge in [-0.15, -0.1) is 0 Å². The number of nitrogens with zero attached hydrogens (tertiary/aromatic N) is 2. The molecule has 5 heteroatoms.